The molecular formula is C25H26Cl2N2O6S. The predicted molar refractivity (Wildman–Crippen MR) is 137 cm³/mol. The molecule has 1 saturated heterocycles. The van der Waals surface area contributed by atoms with Crippen LogP contribution in [0, 0.1) is 13.8 Å². The van der Waals surface area contributed by atoms with Gasteiger partial charge in [-0.05, 0) is 43.7 Å². The monoisotopic (exact) mass is 552 g/mol. The zero-order valence-electron chi connectivity index (χ0n) is 20.1. The highest BCUT2D eigenvalue weighted by molar-refractivity contribution is 7.89. The quantitative estimate of drug-likeness (QED) is 0.422. The fraction of sp³-hybridized carbons (Fsp3) is 0.360. The molecule has 1 aromatic heterocycles. The molecule has 0 spiro atoms. The number of hydrogen-bond donors (Lipinski definition) is 1. The zero-order valence-corrected chi connectivity index (χ0v) is 22.4. The highest BCUT2D eigenvalue weighted by atomic mass is 35.5. The summed E-state index contributed by atoms with van der Waals surface area (Å²) < 4.78 is 45.5. The normalized spacial score (nSPS) is 15.6. The summed E-state index contributed by atoms with van der Waals surface area (Å²) in [6.45, 7) is 4.23. The van der Waals surface area contributed by atoms with Crippen LogP contribution in [0.5, 0.6) is 5.75 Å². The van der Waals surface area contributed by atoms with Crippen molar-refractivity contribution >= 4 is 50.1 Å². The van der Waals surface area contributed by atoms with Crippen LogP contribution >= 0.6 is 23.2 Å². The molecule has 0 amide bonds. The van der Waals surface area contributed by atoms with Crippen molar-refractivity contribution in [3.8, 4) is 5.75 Å². The standard InChI is InChI=1S/C25H26Cl2N2O6S/c1-15-13-16(2)28-23-17(15)5-4-6-20(23)35-14-18-19(26)7-8-21(22(18)27)36(31,32)29-25(24(30)33-3)9-11-34-12-10-25/h4-8,13,29H,9-12,14H2,1-3H3. The van der Waals surface area contributed by atoms with Crippen LogP contribution in [0.4, 0.5) is 0 Å². The van der Waals surface area contributed by atoms with Crippen LogP contribution in [0.2, 0.25) is 10.0 Å². The first-order valence-corrected chi connectivity index (χ1v) is 13.5. The Kier molecular flexibility index (Phi) is 7.78. The second-order valence-corrected chi connectivity index (χ2v) is 11.1. The molecule has 1 fully saturated rings. The first kappa shape index (κ1) is 26.6. The Morgan fingerprint density at radius 2 is 1.89 bits per heavy atom. The molecule has 1 N–H and O–H groups in total. The fourth-order valence-corrected chi connectivity index (χ4v) is 6.62. The molecule has 192 valence electrons. The van der Waals surface area contributed by atoms with Gasteiger partial charge in [0.1, 0.15) is 28.3 Å². The van der Waals surface area contributed by atoms with Crippen LogP contribution < -0.4 is 9.46 Å². The largest absolute Gasteiger partial charge is 0.487 e. The Hall–Kier alpha value is -2.43. The molecule has 0 atom stereocenters. The molecule has 8 nitrogen and oxygen atoms in total. The Balaban J connectivity index is 1.66. The molecule has 36 heavy (non-hydrogen) atoms. The number of ether oxygens (including phenoxy) is 3. The minimum Gasteiger partial charge on any atom is -0.487 e. The summed E-state index contributed by atoms with van der Waals surface area (Å²) in [4.78, 5) is 16.9. The number of fused-ring (bicyclic) bond motifs is 1. The summed E-state index contributed by atoms with van der Waals surface area (Å²) in [5.74, 6) is -0.165. The van der Waals surface area contributed by atoms with Gasteiger partial charge in [-0.3, -0.25) is 4.79 Å². The first-order valence-electron chi connectivity index (χ1n) is 11.2. The first-order chi connectivity index (χ1) is 17.1. The molecule has 11 heteroatoms. The lowest BCUT2D eigenvalue weighted by Crippen LogP contribution is -2.57. The number of esters is 1. The number of hydrogen-bond acceptors (Lipinski definition) is 7. The van der Waals surface area contributed by atoms with Gasteiger partial charge >= 0.3 is 5.97 Å². The summed E-state index contributed by atoms with van der Waals surface area (Å²) in [6, 6.07) is 10.3. The van der Waals surface area contributed by atoms with E-state index >= 15 is 0 Å². The third-order valence-electron chi connectivity index (χ3n) is 6.20. The minimum absolute atomic E-state index is 0.0925. The van der Waals surface area contributed by atoms with Gasteiger partial charge in [-0.15, -0.1) is 0 Å². The minimum atomic E-state index is -4.24. The number of nitrogens with zero attached hydrogens (tertiary/aromatic N) is 1. The highest BCUT2D eigenvalue weighted by Gasteiger charge is 2.45. The Morgan fingerprint density at radius 3 is 2.58 bits per heavy atom. The molecular weight excluding hydrogens is 527 g/mol. The number of pyridine rings is 1. The summed E-state index contributed by atoms with van der Waals surface area (Å²) in [7, 11) is -3.03. The van der Waals surface area contributed by atoms with E-state index in [-0.39, 0.29) is 47.6 Å². The average molecular weight is 553 g/mol. The van der Waals surface area contributed by atoms with Gasteiger partial charge in [-0.25, -0.2) is 13.4 Å². The van der Waals surface area contributed by atoms with Crippen LogP contribution in [0.15, 0.2) is 41.3 Å². The molecule has 4 rings (SSSR count). The third kappa shape index (κ3) is 5.17. The molecule has 1 aliphatic heterocycles. The number of methoxy groups -OCH3 is 1. The molecule has 3 aromatic rings. The highest BCUT2D eigenvalue weighted by Crippen LogP contribution is 2.35. The second-order valence-electron chi connectivity index (χ2n) is 8.65. The van der Waals surface area contributed by atoms with E-state index in [0.29, 0.717) is 16.8 Å². The van der Waals surface area contributed by atoms with Gasteiger partial charge in [-0.1, -0.05) is 35.3 Å². The summed E-state index contributed by atoms with van der Waals surface area (Å²) >= 11 is 13.0. The molecule has 0 radical (unpaired) electrons. The van der Waals surface area contributed by atoms with Gasteiger partial charge in [0.15, 0.2) is 0 Å². The number of carbonyl (C=O) groups is 1. The lowest BCUT2D eigenvalue weighted by molar-refractivity contribution is -0.151. The van der Waals surface area contributed by atoms with Crippen molar-refractivity contribution in [3.05, 3.63) is 63.3 Å². The van der Waals surface area contributed by atoms with Crippen molar-refractivity contribution in [1.82, 2.24) is 9.71 Å². The number of para-hydroxylation sites is 1. The van der Waals surface area contributed by atoms with Crippen molar-refractivity contribution in [1.29, 1.82) is 0 Å². The second kappa shape index (κ2) is 10.5. The van der Waals surface area contributed by atoms with Gasteiger partial charge in [0.2, 0.25) is 10.0 Å². The number of sulfonamides is 1. The molecule has 0 bridgehead atoms. The summed E-state index contributed by atoms with van der Waals surface area (Å²) in [5.41, 5.74) is 1.44. The maximum Gasteiger partial charge on any atom is 0.327 e. The molecule has 0 aliphatic carbocycles. The van der Waals surface area contributed by atoms with E-state index in [2.05, 4.69) is 9.71 Å². The van der Waals surface area contributed by atoms with E-state index in [4.69, 9.17) is 37.4 Å². The van der Waals surface area contributed by atoms with Gasteiger partial charge in [0.05, 0.1) is 12.1 Å². The molecule has 0 saturated carbocycles. The maximum atomic E-state index is 13.4. The van der Waals surface area contributed by atoms with E-state index in [1.807, 2.05) is 32.0 Å². The summed E-state index contributed by atoms with van der Waals surface area (Å²) in [5, 5.41) is 1.09. The van der Waals surface area contributed by atoms with Crippen LogP contribution in [0.1, 0.15) is 29.7 Å². The fourth-order valence-electron chi connectivity index (χ4n) is 4.31. The van der Waals surface area contributed by atoms with E-state index < -0.39 is 21.5 Å². The van der Waals surface area contributed by atoms with Crippen molar-refractivity contribution in [2.45, 2.75) is 43.7 Å². The van der Waals surface area contributed by atoms with E-state index in [1.165, 1.54) is 19.2 Å². The molecule has 0 unspecified atom stereocenters. The number of aryl methyl sites for hydroxylation is 2. The molecule has 1 aliphatic rings. The molecule has 2 heterocycles. The van der Waals surface area contributed by atoms with Gasteiger partial charge in [-0.2, -0.15) is 4.72 Å². The van der Waals surface area contributed by atoms with E-state index in [1.54, 1.807) is 6.07 Å². The van der Waals surface area contributed by atoms with Gasteiger partial charge in [0, 0.05) is 47.7 Å². The Labute approximate surface area is 219 Å². The third-order valence-corrected chi connectivity index (χ3v) is 8.68. The lowest BCUT2D eigenvalue weighted by Gasteiger charge is -2.34. The number of aromatic nitrogens is 1. The number of halogens is 2. The average Bonchev–Trinajstić information content (AvgIpc) is 2.83. The molecule has 2 aromatic carbocycles. The van der Waals surface area contributed by atoms with Crippen molar-refractivity contribution in [3.63, 3.8) is 0 Å². The zero-order chi connectivity index (χ0) is 26.1. The number of benzene rings is 2. The SMILES string of the molecule is COC(=O)C1(NS(=O)(=O)c2ccc(Cl)c(COc3cccc4c(C)cc(C)nc34)c2Cl)CCOCC1. The van der Waals surface area contributed by atoms with Crippen LogP contribution in [-0.2, 0) is 30.9 Å². The van der Waals surface area contributed by atoms with E-state index in [0.717, 1.165) is 16.6 Å². The van der Waals surface area contributed by atoms with Crippen molar-refractivity contribution in [2.24, 2.45) is 0 Å². The van der Waals surface area contributed by atoms with E-state index in [9.17, 15) is 13.2 Å². The topological polar surface area (TPSA) is 104 Å². The summed E-state index contributed by atoms with van der Waals surface area (Å²) in [6.07, 6.45) is 0.264. The predicted octanol–water partition coefficient (Wildman–Crippen LogP) is 4.74. The maximum absolute atomic E-state index is 13.4. The number of rotatable bonds is 7. The smallest absolute Gasteiger partial charge is 0.327 e. The van der Waals surface area contributed by atoms with Crippen LogP contribution in [-0.4, -0.2) is 45.2 Å². The van der Waals surface area contributed by atoms with Crippen LogP contribution in [0.3, 0.4) is 0 Å². The lowest BCUT2D eigenvalue weighted by atomic mass is 9.92. The van der Waals surface area contributed by atoms with Gasteiger partial charge in [0.25, 0.3) is 0 Å². The van der Waals surface area contributed by atoms with Crippen molar-refractivity contribution in [2.75, 3.05) is 20.3 Å². The Morgan fingerprint density at radius 1 is 1.17 bits per heavy atom. The van der Waals surface area contributed by atoms with Crippen LogP contribution in [0.25, 0.3) is 10.9 Å². The number of nitrogens with one attached hydrogen (secondary N) is 1. The van der Waals surface area contributed by atoms with Gasteiger partial charge < -0.3 is 14.2 Å². The Bertz CT molecular complexity index is 1420. The number of carbonyl (C=O) groups excluding carboxylic acids is 1. The van der Waals surface area contributed by atoms with Crippen molar-refractivity contribution < 1.29 is 27.4 Å².